The second-order valence-corrected chi connectivity index (χ2v) is 7.19. The first kappa shape index (κ1) is 20.6. The lowest BCUT2D eigenvalue weighted by Gasteiger charge is -2.42. The van der Waals surface area contributed by atoms with E-state index >= 15 is 0 Å². The topological polar surface area (TPSA) is 55.9 Å². The van der Waals surface area contributed by atoms with Gasteiger partial charge in [0.25, 0.3) is 0 Å². The van der Waals surface area contributed by atoms with Crippen molar-refractivity contribution < 1.29 is 22.8 Å². The lowest BCUT2D eigenvalue weighted by atomic mass is 10.0. The zero-order valence-electron chi connectivity index (χ0n) is 15.6. The van der Waals surface area contributed by atoms with Crippen LogP contribution >= 0.6 is 0 Å². The Hall–Kier alpha value is -2.13. The first-order chi connectivity index (χ1) is 13.3. The Kier molecular flexibility index (Phi) is 6.56. The van der Waals surface area contributed by atoms with Crippen LogP contribution < -0.4 is 10.2 Å². The van der Waals surface area contributed by atoms with E-state index in [-0.39, 0.29) is 18.5 Å². The van der Waals surface area contributed by atoms with Crippen molar-refractivity contribution in [2.75, 3.05) is 50.7 Å². The van der Waals surface area contributed by atoms with Crippen molar-refractivity contribution in [3.63, 3.8) is 0 Å². The van der Waals surface area contributed by atoms with Crippen LogP contribution in [0.1, 0.15) is 12.8 Å². The number of anilines is 1. The maximum Gasteiger partial charge on any atom is 0.405 e. The number of hydrogen-bond donors (Lipinski definition) is 1. The molecule has 0 aromatic heterocycles. The molecule has 1 aromatic carbocycles. The van der Waals surface area contributed by atoms with E-state index in [2.05, 4.69) is 4.90 Å². The largest absolute Gasteiger partial charge is 0.405 e. The third-order valence-corrected chi connectivity index (χ3v) is 5.18. The Morgan fingerprint density at radius 2 is 1.75 bits per heavy atom. The van der Waals surface area contributed by atoms with Crippen molar-refractivity contribution in [3.05, 3.63) is 30.3 Å². The van der Waals surface area contributed by atoms with Crippen LogP contribution in [0, 0.1) is 0 Å². The van der Waals surface area contributed by atoms with Crippen molar-refractivity contribution in [1.82, 2.24) is 15.1 Å². The maximum atomic E-state index is 13.0. The molecule has 0 aliphatic carbocycles. The second-order valence-electron chi connectivity index (χ2n) is 7.19. The molecule has 0 saturated carbocycles. The maximum absolute atomic E-state index is 13.0. The highest BCUT2D eigenvalue weighted by Crippen LogP contribution is 2.24. The molecule has 0 radical (unpaired) electrons. The van der Waals surface area contributed by atoms with Gasteiger partial charge in [-0.15, -0.1) is 0 Å². The van der Waals surface area contributed by atoms with E-state index in [1.54, 1.807) is 0 Å². The molecule has 2 aliphatic rings. The first-order valence-electron chi connectivity index (χ1n) is 9.50. The molecule has 0 bridgehead atoms. The highest BCUT2D eigenvalue weighted by molar-refractivity contribution is 5.97. The van der Waals surface area contributed by atoms with E-state index in [0.717, 1.165) is 18.5 Å². The Labute approximate surface area is 162 Å². The van der Waals surface area contributed by atoms with Crippen LogP contribution in [0.15, 0.2) is 30.3 Å². The number of carbonyl (C=O) groups is 2. The highest BCUT2D eigenvalue weighted by Gasteiger charge is 2.35. The van der Waals surface area contributed by atoms with Crippen molar-refractivity contribution >= 4 is 17.5 Å². The van der Waals surface area contributed by atoms with E-state index < -0.39 is 18.6 Å². The molecule has 9 heteroatoms. The van der Waals surface area contributed by atoms with E-state index in [1.807, 2.05) is 45.4 Å². The molecular formula is C19H25F3N4O2. The van der Waals surface area contributed by atoms with Gasteiger partial charge in [0.1, 0.15) is 6.54 Å². The number of amides is 2. The fraction of sp³-hybridized carbons (Fsp3) is 0.579. The lowest BCUT2D eigenvalue weighted by molar-refractivity contribution is -0.139. The number of carbonyl (C=O) groups excluding carboxylic acids is 2. The number of piperazine rings is 1. The van der Waals surface area contributed by atoms with Gasteiger partial charge in [0.2, 0.25) is 11.8 Å². The molecule has 2 fully saturated rings. The highest BCUT2D eigenvalue weighted by atomic mass is 19.4. The molecule has 1 aromatic rings. The summed E-state index contributed by atoms with van der Waals surface area (Å²) in [5, 5.41) is 1.90. The van der Waals surface area contributed by atoms with E-state index in [9.17, 15) is 22.8 Å². The number of hydrogen-bond acceptors (Lipinski definition) is 4. The van der Waals surface area contributed by atoms with Crippen LogP contribution in [0.3, 0.4) is 0 Å². The number of halogens is 3. The number of nitrogens with one attached hydrogen (secondary N) is 1. The summed E-state index contributed by atoms with van der Waals surface area (Å²) in [5.74, 6) is -0.538. The number of piperidine rings is 1. The van der Waals surface area contributed by atoms with Crippen LogP contribution in [0.5, 0.6) is 0 Å². The zero-order valence-corrected chi connectivity index (χ0v) is 15.6. The van der Waals surface area contributed by atoms with Crippen LogP contribution in [-0.4, -0.2) is 79.6 Å². The summed E-state index contributed by atoms with van der Waals surface area (Å²) in [5.41, 5.74) is 0.900. The minimum atomic E-state index is -4.40. The number of para-hydroxylation sites is 1. The molecule has 0 unspecified atom stereocenters. The van der Waals surface area contributed by atoms with Crippen molar-refractivity contribution in [1.29, 1.82) is 0 Å². The van der Waals surface area contributed by atoms with E-state index in [0.29, 0.717) is 32.7 Å². The molecule has 2 heterocycles. The summed E-state index contributed by atoms with van der Waals surface area (Å²) in [6, 6.07) is 9.41. The lowest BCUT2D eigenvalue weighted by Crippen LogP contribution is -2.58. The summed E-state index contributed by atoms with van der Waals surface area (Å²) in [7, 11) is 0. The standard InChI is InChI=1S/C19H25F3N4O2/c20-19(21,22)14-23-17(27)13-24-9-11-25(12-10-24)16-7-4-8-26(18(16)28)15-5-2-1-3-6-15/h1-3,5-6,16H,4,7-14H2,(H,23,27)/t16-/m1/s1. The Balaban J connectivity index is 1.49. The van der Waals surface area contributed by atoms with Crippen molar-refractivity contribution in [3.8, 4) is 0 Å². The molecule has 154 valence electrons. The molecule has 2 aliphatic heterocycles. The predicted octanol–water partition coefficient (Wildman–Crippen LogP) is 1.48. The van der Waals surface area contributed by atoms with Gasteiger partial charge in [-0.1, -0.05) is 18.2 Å². The Bertz CT molecular complexity index is 676. The first-order valence-corrected chi connectivity index (χ1v) is 9.50. The van der Waals surface area contributed by atoms with Gasteiger partial charge in [-0.25, -0.2) is 0 Å². The van der Waals surface area contributed by atoms with Crippen molar-refractivity contribution in [2.24, 2.45) is 0 Å². The number of nitrogens with zero attached hydrogens (tertiary/aromatic N) is 3. The molecule has 1 atom stereocenters. The molecule has 2 amide bonds. The molecular weight excluding hydrogens is 373 g/mol. The van der Waals surface area contributed by atoms with Crippen molar-refractivity contribution in [2.45, 2.75) is 25.1 Å². The summed E-state index contributed by atoms with van der Waals surface area (Å²) < 4.78 is 36.5. The Morgan fingerprint density at radius 3 is 2.39 bits per heavy atom. The minimum absolute atomic E-state index is 0.0569. The van der Waals surface area contributed by atoms with E-state index in [4.69, 9.17) is 0 Å². The second kappa shape index (κ2) is 8.91. The van der Waals surface area contributed by atoms with Gasteiger partial charge >= 0.3 is 6.18 Å². The summed E-state index contributed by atoms with van der Waals surface area (Å²) in [6.07, 6.45) is -2.68. The SMILES string of the molecule is O=C(CN1CCN([C@@H]2CCCN(c3ccccc3)C2=O)CC1)NCC(F)(F)F. The summed E-state index contributed by atoms with van der Waals surface area (Å²) in [6.45, 7) is 1.68. The monoisotopic (exact) mass is 398 g/mol. The third kappa shape index (κ3) is 5.45. The molecule has 3 rings (SSSR count). The fourth-order valence-corrected chi connectivity index (χ4v) is 3.75. The smallest absolute Gasteiger partial charge is 0.346 e. The van der Waals surface area contributed by atoms with Gasteiger partial charge in [-0.3, -0.25) is 19.4 Å². The van der Waals surface area contributed by atoms with Gasteiger partial charge in [-0.2, -0.15) is 13.2 Å². The minimum Gasteiger partial charge on any atom is -0.346 e. The normalized spacial score (nSPS) is 22.3. The molecule has 28 heavy (non-hydrogen) atoms. The molecule has 6 nitrogen and oxygen atoms in total. The fourth-order valence-electron chi connectivity index (χ4n) is 3.75. The predicted molar refractivity (Wildman–Crippen MR) is 98.9 cm³/mol. The molecule has 0 spiro atoms. The van der Waals surface area contributed by atoms with Crippen LogP contribution in [-0.2, 0) is 9.59 Å². The van der Waals surface area contributed by atoms with E-state index in [1.165, 1.54) is 0 Å². The summed E-state index contributed by atoms with van der Waals surface area (Å²) >= 11 is 0. The summed E-state index contributed by atoms with van der Waals surface area (Å²) in [4.78, 5) is 30.4. The average molecular weight is 398 g/mol. The number of alkyl halides is 3. The van der Waals surface area contributed by atoms with Gasteiger partial charge in [0, 0.05) is 38.4 Å². The van der Waals surface area contributed by atoms with Crippen LogP contribution in [0.25, 0.3) is 0 Å². The third-order valence-electron chi connectivity index (χ3n) is 5.18. The van der Waals surface area contributed by atoms with Crippen LogP contribution in [0.4, 0.5) is 18.9 Å². The van der Waals surface area contributed by atoms with Crippen LogP contribution in [0.2, 0.25) is 0 Å². The van der Waals surface area contributed by atoms with Gasteiger partial charge in [-0.05, 0) is 25.0 Å². The van der Waals surface area contributed by atoms with Gasteiger partial charge < -0.3 is 10.2 Å². The van der Waals surface area contributed by atoms with Gasteiger partial charge in [0.15, 0.2) is 0 Å². The number of rotatable bonds is 5. The van der Waals surface area contributed by atoms with Gasteiger partial charge in [0.05, 0.1) is 12.6 Å². The number of benzene rings is 1. The zero-order chi connectivity index (χ0) is 20.1. The molecule has 1 N–H and O–H groups in total. The average Bonchev–Trinajstić information content (AvgIpc) is 2.68. The molecule has 2 saturated heterocycles. The Morgan fingerprint density at radius 1 is 1.07 bits per heavy atom. The quantitative estimate of drug-likeness (QED) is 0.817.